The Hall–Kier alpha value is -1.91. The number of aromatic nitrogens is 2. The number of carboxylic acids is 1. The molecule has 1 fully saturated rings. The Bertz CT molecular complexity index is 961. The van der Waals surface area contributed by atoms with Gasteiger partial charge in [-0.3, -0.25) is 14.5 Å². The maximum absolute atomic E-state index is 13.1. The molecule has 3 rings (SSSR count). The van der Waals surface area contributed by atoms with Crippen LogP contribution in [0.15, 0.2) is 20.9 Å². The molecule has 3 heterocycles. The second kappa shape index (κ2) is 9.52. The number of carbonyl (C=O) groups excluding carboxylic acids is 2. The molecule has 176 valence electrons. The number of thioether (sulfide) groups is 3. The van der Waals surface area contributed by atoms with Crippen LogP contribution in [0.1, 0.15) is 5.89 Å². The lowest BCUT2D eigenvalue weighted by atomic mass is 9.98. The van der Waals surface area contributed by atoms with Crippen molar-refractivity contribution in [2.24, 2.45) is 0 Å². The molecule has 2 amide bonds. The number of aliphatic carboxylic acids is 1. The van der Waals surface area contributed by atoms with E-state index in [-0.39, 0.29) is 34.2 Å². The van der Waals surface area contributed by atoms with Gasteiger partial charge in [-0.15, -0.1) is 22.0 Å². The molecule has 0 saturated carbocycles. The standard InChI is InChI=1S/C16H17F3N4O6S3/c1-7-21-22-14(29-7)31-4-8-3-30-13-16(28-2,12(27)23(13)10(8)11(25)26)20-9(24)5-32-15(18,19)6-17/h13H,3-6H2,1-2H3,(H,20,24)(H,25,26)/t13-,16-/m0/s1. The van der Waals surface area contributed by atoms with Crippen molar-refractivity contribution < 1.29 is 41.8 Å². The van der Waals surface area contributed by atoms with Crippen molar-refractivity contribution in [1.82, 2.24) is 20.4 Å². The summed E-state index contributed by atoms with van der Waals surface area (Å²) in [7, 11) is 1.13. The molecule has 0 radical (unpaired) electrons. The summed E-state index contributed by atoms with van der Waals surface area (Å²) >= 11 is 2.03. The molecule has 1 aromatic rings. The average molecular weight is 515 g/mol. The Balaban J connectivity index is 1.75. The molecule has 2 N–H and O–H groups in total. The summed E-state index contributed by atoms with van der Waals surface area (Å²) in [5.74, 6) is -3.32. The quantitative estimate of drug-likeness (QED) is 0.267. The minimum atomic E-state index is -3.74. The summed E-state index contributed by atoms with van der Waals surface area (Å²) in [6.45, 7) is -0.336. The molecule has 1 aromatic heterocycles. The van der Waals surface area contributed by atoms with Gasteiger partial charge in [0.15, 0.2) is 6.67 Å². The number of alkyl halides is 3. The molecule has 10 nitrogen and oxygen atoms in total. The van der Waals surface area contributed by atoms with E-state index in [1.165, 1.54) is 0 Å². The van der Waals surface area contributed by atoms with E-state index < -0.39 is 46.6 Å². The van der Waals surface area contributed by atoms with Crippen LogP contribution in [-0.2, 0) is 19.1 Å². The number of hydrogen-bond donors (Lipinski definition) is 2. The molecule has 1 saturated heterocycles. The molecular weight excluding hydrogens is 497 g/mol. The van der Waals surface area contributed by atoms with Gasteiger partial charge in [0.05, 0.1) is 5.75 Å². The smallest absolute Gasteiger partial charge is 0.352 e. The van der Waals surface area contributed by atoms with E-state index >= 15 is 0 Å². The number of nitrogens with one attached hydrogen (secondary N) is 1. The third kappa shape index (κ3) is 4.72. The number of hydrogen-bond acceptors (Lipinski definition) is 10. The average Bonchev–Trinajstić information content (AvgIpc) is 3.18. The fourth-order valence-corrected chi connectivity index (χ4v) is 5.87. The predicted octanol–water partition coefficient (Wildman–Crippen LogP) is 1.48. The maximum Gasteiger partial charge on any atom is 0.352 e. The Morgan fingerprint density at radius 3 is 2.75 bits per heavy atom. The number of aryl methyl sites for hydroxylation is 1. The number of carboxylic acid groups (broad SMARTS) is 1. The first kappa shape index (κ1) is 24.7. The van der Waals surface area contributed by atoms with E-state index in [0.29, 0.717) is 11.5 Å². The Labute approximate surface area is 192 Å². The van der Waals surface area contributed by atoms with Crippen LogP contribution in [0.3, 0.4) is 0 Å². The number of β-lactam (4-membered cyclic amide) rings is 1. The minimum absolute atomic E-state index is 0.161. The maximum atomic E-state index is 13.1. The third-order valence-corrected chi connectivity index (χ3v) is 7.62. The number of ether oxygens (including phenoxy) is 1. The third-order valence-electron chi connectivity index (χ3n) is 4.41. The fourth-order valence-electron chi connectivity index (χ4n) is 2.99. The second-order valence-corrected chi connectivity index (χ2v) is 9.69. The molecule has 0 spiro atoms. The molecule has 0 aromatic carbocycles. The van der Waals surface area contributed by atoms with Gasteiger partial charge < -0.3 is 19.6 Å². The molecule has 0 bridgehead atoms. The summed E-state index contributed by atoms with van der Waals surface area (Å²) in [6, 6.07) is 0. The second-order valence-electron chi connectivity index (χ2n) is 6.52. The monoisotopic (exact) mass is 514 g/mol. The summed E-state index contributed by atoms with van der Waals surface area (Å²) < 4.78 is 48.8. The zero-order valence-electron chi connectivity index (χ0n) is 16.6. The van der Waals surface area contributed by atoms with Gasteiger partial charge in [0, 0.05) is 25.5 Å². The molecule has 2 aliphatic heterocycles. The van der Waals surface area contributed by atoms with Crippen LogP contribution in [0.4, 0.5) is 13.2 Å². The van der Waals surface area contributed by atoms with Gasteiger partial charge in [0.1, 0.15) is 11.1 Å². The van der Waals surface area contributed by atoms with E-state index in [1.54, 1.807) is 6.92 Å². The van der Waals surface area contributed by atoms with E-state index in [0.717, 1.165) is 35.5 Å². The van der Waals surface area contributed by atoms with Crippen molar-refractivity contribution in [2.75, 3.05) is 31.0 Å². The van der Waals surface area contributed by atoms with Crippen LogP contribution in [0.2, 0.25) is 0 Å². The lowest BCUT2D eigenvalue weighted by Crippen LogP contribution is -2.80. The highest BCUT2D eigenvalue weighted by atomic mass is 32.2. The molecule has 0 unspecified atom stereocenters. The first-order valence-corrected chi connectivity index (χ1v) is 11.8. The molecular formula is C16H17F3N4O6S3. The van der Waals surface area contributed by atoms with Gasteiger partial charge in [0.2, 0.25) is 11.8 Å². The number of carbonyl (C=O) groups is 3. The molecule has 0 aliphatic carbocycles. The van der Waals surface area contributed by atoms with Gasteiger partial charge >= 0.3 is 11.2 Å². The summed E-state index contributed by atoms with van der Waals surface area (Å²) in [4.78, 5) is 37.9. The van der Waals surface area contributed by atoms with Gasteiger partial charge in [0.25, 0.3) is 16.9 Å². The first-order valence-electron chi connectivity index (χ1n) is 8.82. The molecule has 2 atom stereocenters. The van der Waals surface area contributed by atoms with E-state index in [1.807, 2.05) is 0 Å². The largest absolute Gasteiger partial charge is 0.477 e. The number of nitrogens with zero attached hydrogens (tertiary/aromatic N) is 3. The highest BCUT2D eigenvalue weighted by molar-refractivity contribution is 8.01. The van der Waals surface area contributed by atoms with Gasteiger partial charge in [-0.25, -0.2) is 9.18 Å². The van der Waals surface area contributed by atoms with Crippen molar-refractivity contribution in [3.63, 3.8) is 0 Å². The molecule has 16 heteroatoms. The normalized spacial score (nSPS) is 23.1. The zero-order valence-corrected chi connectivity index (χ0v) is 19.0. The summed E-state index contributed by atoms with van der Waals surface area (Å²) in [5, 5.41) is 15.0. The highest BCUT2D eigenvalue weighted by Gasteiger charge is 2.66. The number of amides is 2. The number of halogens is 3. The van der Waals surface area contributed by atoms with Gasteiger partial charge in [-0.05, 0) is 5.57 Å². The summed E-state index contributed by atoms with van der Waals surface area (Å²) in [5.41, 5.74) is -1.76. The lowest BCUT2D eigenvalue weighted by Gasteiger charge is -2.55. The topological polar surface area (TPSA) is 135 Å². The SMILES string of the molecule is CO[C@@]1(NC(=O)CSC(F)(F)CF)C(=O)N2C(C(=O)O)=C(CSc3nnc(C)o3)CS[C@H]21. The first-order chi connectivity index (χ1) is 15.0. The van der Waals surface area contributed by atoms with E-state index in [2.05, 4.69) is 15.5 Å². The predicted molar refractivity (Wildman–Crippen MR) is 109 cm³/mol. The van der Waals surface area contributed by atoms with Crippen LogP contribution < -0.4 is 5.32 Å². The summed E-state index contributed by atoms with van der Waals surface area (Å²) in [6.07, 6.45) is 0. The van der Waals surface area contributed by atoms with Crippen LogP contribution >= 0.6 is 35.3 Å². The minimum Gasteiger partial charge on any atom is -0.477 e. The van der Waals surface area contributed by atoms with E-state index in [9.17, 15) is 32.7 Å². The van der Waals surface area contributed by atoms with Crippen LogP contribution in [0.5, 0.6) is 0 Å². The van der Waals surface area contributed by atoms with E-state index in [4.69, 9.17) is 9.15 Å². The zero-order chi connectivity index (χ0) is 23.7. The fraction of sp³-hybridized carbons (Fsp3) is 0.562. The van der Waals surface area contributed by atoms with Crippen LogP contribution in [0, 0.1) is 6.92 Å². The number of rotatable bonds is 10. The van der Waals surface area contributed by atoms with Crippen molar-refractivity contribution in [3.8, 4) is 0 Å². The van der Waals surface area contributed by atoms with Crippen LogP contribution in [-0.4, -0.2) is 85.4 Å². The Kier molecular flexibility index (Phi) is 7.36. The van der Waals surface area contributed by atoms with Crippen LogP contribution in [0.25, 0.3) is 0 Å². The van der Waals surface area contributed by atoms with Gasteiger partial charge in [-0.1, -0.05) is 23.5 Å². The Morgan fingerprint density at radius 2 is 2.19 bits per heavy atom. The lowest BCUT2D eigenvalue weighted by molar-refractivity contribution is -0.192. The van der Waals surface area contributed by atoms with Gasteiger partial charge in [-0.2, -0.15) is 8.78 Å². The molecule has 32 heavy (non-hydrogen) atoms. The Morgan fingerprint density at radius 1 is 1.47 bits per heavy atom. The number of methoxy groups -OCH3 is 1. The van der Waals surface area contributed by atoms with Crippen molar-refractivity contribution >= 4 is 53.1 Å². The van der Waals surface area contributed by atoms with Crippen molar-refractivity contribution in [1.29, 1.82) is 0 Å². The number of fused-ring (bicyclic) bond motifs is 1. The molecule has 2 aliphatic rings. The van der Waals surface area contributed by atoms with Crippen molar-refractivity contribution in [3.05, 3.63) is 17.2 Å². The van der Waals surface area contributed by atoms with Crippen molar-refractivity contribution in [2.45, 2.75) is 28.5 Å². The highest BCUT2D eigenvalue weighted by Crippen LogP contribution is 2.47.